The molecule has 4 heteroatoms. The van der Waals surface area contributed by atoms with E-state index in [-0.39, 0.29) is 0 Å². The van der Waals surface area contributed by atoms with Crippen LogP contribution in [0.1, 0.15) is 63.8 Å². The molecule has 114 valence electrons. The van der Waals surface area contributed by atoms with Gasteiger partial charge in [-0.05, 0) is 38.2 Å². The highest BCUT2D eigenvalue weighted by molar-refractivity contribution is 5.12. The van der Waals surface area contributed by atoms with Gasteiger partial charge in [0, 0.05) is 24.7 Å². The lowest BCUT2D eigenvalue weighted by Crippen LogP contribution is -2.37. The van der Waals surface area contributed by atoms with Gasteiger partial charge in [0.1, 0.15) is 0 Å². The zero-order valence-corrected chi connectivity index (χ0v) is 13.1. The van der Waals surface area contributed by atoms with E-state index >= 15 is 0 Å². The molecule has 0 radical (unpaired) electrons. The fraction of sp³-hybridized carbons (Fsp3) is 0.812. The first-order valence-corrected chi connectivity index (χ1v) is 8.28. The van der Waals surface area contributed by atoms with E-state index in [0.29, 0.717) is 6.04 Å². The first kappa shape index (κ1) is 15.5. The van der Waals surface area contributed by atoms with Gasteiger partial charge in [-0.2, -0.15) is 5.10 Å². The van der Waals surface area contributed by atoms with Crippen LogP contribution in [0.5, 0.6) is 0 Å². The normalized spacial score (nSPS) is 17.8. The van der Waals surface area contributed by atoms with Crippen LogP contribution in [0.15, 0.2) is 6.07 Å². The molecule has 2 rings (SSSR count). The maximum absolute atomic E-state index is 5.76. The molecule has 0 aliphatic heterocycles. The maximum atomic E-state index is 5.76. The summed E-state index contributed by atoms with van der Waals surface area (Å²) >= 11 is 0. The van der Waals surface area contributed by atoms with E-state index in [1.54, 1.807) is 0 Å². The van der Waals surface area contributed by atoms with Gasteiger partial charge >= 0.3 is 0 Å². The van der Waals surface area contributed by atoms with E-state index < -0.39 is 0 Å². The summed E-state index contributed by atoms with van der Waals surface area (Å²) in [6.07, 6.45) is 10.2. The molecule has 20 heavy (non-hydrogen) atoms. The van der Waals surface area contributed by atoms with Gasteiger partial charge in [-0.15, -0.1) is 0 Å². The molecule has 1 atom stereocenters. The number of aryl methyl sites for hydroxylation is 2. The molecule has 0 aromatic carbocycles. The Kier molecular flexibility index (Phi) is 6.05. The van der Waals surface area contributed by atoms with Gasteiger partial charge in [0.15, 0.2) is 0 Å². The summed E-state index contributed by atoms with van der Waals surface area (Å²) < 4.78 is 2.12. The summed E-state index contributed by atoms with van der Waals surface area (Å²) in [6, 6.07) is 2.62. The third-order valence-electron chi connectivity index (χ3n) is 4.67. The molecule has 0 amide bonds. The summed E-state index contributed by atoms with van der Waals surface area (Å²) in [4.78, 5) is 0. The minimum atomic E-state index is 0.377. The Balaban J connectivity index is 1.89. The summed E-state index contributed by atoms with van der Waals surface area (Å²) in [6.45, 7) is 5.25. The van der Waals surface area contributed by atoms with Crippen LogP contribution in [0.4, 0.5) is 0 Å². The van der Waals surface area contributed by atoms with Crippen LogP contribution in [0.3, 0.4) is 0 Å². The lowest BCUT2D eigenvalue weighted by atomic mass is 9.96. The van der Waals surface area contributed by atoms with Crippen molar-refractivity contribution in [1.29, 1.82) is 0 Å². The second kappa shape index (κ2) is 7.79. The summed E-state index contributed by atoms with van der Waals surface area (Å²) in [5, 5.41) is 4.62. The molecule has 0 saturated heterocycles. The van der Waals surface area contributed by atoms with Crippen LogP contribution < -0.4 is 11.3 Å². The summed E-state index contributed by atoms with van der Waals surface area (Å²) in [5.41, 5.74) is 5.52. The smallest absolute Gasteiger partial charge is 0.0624 e. The molecule has 0 spiro atoms. The van der Waals surface area contributed by atoms with Crippen molar-refractivity contribution in [2.45, 2.75) is 77.8 Å². The molecular weight excluding hydrogens is 248 g/mol. The van der Waals surface area contributed by atoms with Crippen molar-refractivity contribution in [3.05, 3.63) is 17.5 Å². The Morgan fingerprint density at radius 2 is 2.15 bits per heavy atom. The number of hydrazine groups is 1. The van der Waals surface area contributed by atoms with Crippen molar-refractivity contribution in [2.75, 3.05) is 0 Å². The van der Waals surface area contributed by atoms with Gasteiger partial charge in [0.2, 0.25) is 0 Å². The Bertz CT molecular complexity index is 393. The molecule has 0 bridgehead atoms. The van der Waals surface area contributed by atoms with Crippen molar-refractivity contribution in [2.24, 2.45) is 11.8 Å². The first-order chi connectivity index (χ1) is 9.76. The van der Waals surface area contributed by atoms with Gasteiger partial charge < -0.3 is 0 Å². The van der Waals surface area contributed by atoms with Gasteiger partial charge in [0.05, 0.1) is 5.69 Å². The number of nitrogens with zero attached hydrogens (tertiary/aromatic N) is 2. The number of hydrogen-bond donors (Lipinski definition) is 2. The number of nitrogens with one attached hydrogen (secondary N) is 1. The standard InChI is InChI=1S/C16H30N4/c1-3-14-11-16(20(4-2)19-14)12-15(18-17)10-9-13-7-5-6-8-13/h11,13,15,18H,3-10,12,17H2,1-2H3. The molecule has 4 nitrogen and oxygen atoms in total. The molecule has 1 saturated carbocycles. The van der Waals surface area contributed by atoms with Crippen LogP contribution in [-0.4, -0.2) is 15.8 Å². The fourth-order valence-electron chi connectivity index (χ4n) is 3.36. The predicted octanol–water partition coefficient (Wildman–Crippen LogP) is 2.81. The number of nitrogens with two attached hydrogens (primary N) is 1. The minimum absolute atomic E-state index is 0.377. The van der Waals surface area contributed by atoms with Gasteiger partial charge in [-0.1, -0.05) is 32.6 Å². The van der Waals surface area contributed by atoms with Crippen molar-refractivity contribution in [3.63, 3.8) is 0 Å². The Labute approximate surface area is 123 Å². The molecule has 1 heterocycles. The summed E-state index contributed by atoms with van der Waals surface area (Å²) in [5.74, 6) is 6.69. The molecule has 3 N–H and O–H groups in total. The summed E-state index contributed by atoms with van der Waals surface area (Å²) in [7, 11) is 0. The molecule has 1 aliphatic carbocycles. The molecule has 1 unspecified atom stereocenters. The molecule has 1 aliphatic rings. The van der Waals surface area contributed by atoms with Crippen molar-refractivity contribution >= 4 is 0 Å². The third-order valence-corrected chi connectivity index (χ3v) is 4.67. The lowest BCUT2D eigenvalue weighted by molar-refractivity contribution is 0.400. The minimum Gasteiger partial charge on any atom is -0.271 e. The van der Waals surface area contributed by atoms with E-state index in [0.717, 1.165) is 25.3 Å². The zero-order valence-electron chi connectivity index (χ0n) is 13.1. The SMILES string of the molecule is CCc1cc(CC(CCC2CCCC2)NN)n(CC)n1. The largest absolute Gasteiger partial charge is 0.271 e. The Morgan fingerprint density at radius 1 is 1.40 bits per heavy atom. The lowest BCUT2D eigenvalue weighted by Gasteiger charge is -2.18. The van der Waals surface area contributed by atoms with E-state index in [4.69, 9.17) is 5.84 Å². The maximum Gasteiger partial charge on any atom is 0.0624 e. The van der Waals surface area contributed by atoms with Gasteiger partial charge in [0.25, 0.3) is 0 Å². The molecular formula is C16H30N4. The topological polar surface area (TPSA) is 55.9 Å². The van der Waals surface area contributed by atoms with Crippen LogP contribution in [0.25, 0.3) is 0 Å². The molecule has 1 aromatic rings. The fourth-order valence-corrected chi connectivity index (χ4v) is 3.36. The zero-order chi connectivity index (χ0) is 14.4. The Hall–Kier alpha value is -0.870. The number of hydrogen-bond acceptors (Lipinski definition) is 3. The average Bonchev–Trinajstić information content (AvgIpc) is 3.12. The highest BCUT2D eigenvalue weighted by atomic mass is 15.3. The molecule has 1 fully saturated rings. The van der Waals surface area contributed by atoms with E-state index in [9.17, 15) is 0 Å². The Morgan fingerprint density at radius 3 is 2.75 bits per heavy atom. The van der Waals surface area contributed by atoms with Crippen LogP contribution in [0.2, 0.25) is 0 Å². The van der Waals surface area contributed by atoms with Gasteiger partial charge in [-0.3, -0.25) is 16.0 Å². The third kappa shape index (κ3) is 4.06. The van der Waals surface area contributed by atoms with Crippen LogP contribution in [-0.2, 0) is 19.4 Å². The van der Waals surface area contributed by atoms with E-state index in [1.165, 1.54) is 49.9 Å². The van der Waals surface area contributed by atoms with Gasteiger partial charge in [-0.25, -0.2) is 0 Å². The quantitative estimate of drug-likeness (QED) is 0.568. The highest BCUT2D eigenvalue weighted by Gasteiger charge is 2.18. The van der Waals surface area contributed by atoms with Crippen molar-refractivity contribution in [1.82, 2.24) is 15.2 Å². The van der Waals surface area contributed by atoms with Crippen LogP contribution >= 0.6 is 0 Å². The second-order valence-electron chi connectivity index (χ2n) is 6.09. The predicted molar refractivity (Wildman–Crippen MR) is 83.3 cm³/mol. The highest BCUT2D eigenvalue weighted by Crippen LogP contribution is 2.29. The van der Waals surface area contributed by atoms with Crippen LogP contribution in [0, 0.1) is 5.92 Å². The average molecular weight is 278 g/mol. The number of aromatic nitrogens is 2. The van der Waals surface area contributed by atoms with Crippen molar-refractivity contribution in [3.8, 4) is 0 Å². The first-order valence-electron chi connectivity index (χ1n) is 8.28. The monoisotopic (exact) mass is 278 g/mol. The van der Waals surface area contributed by atoms with E-state index in [1.807, 2.05) is 0 Å². The van der Waals surface area contributed by atoms with E-state index in [2.05, 4.69) is 35.1 Å². The molecule has 1 aromatic heterocycles. The second-order valence-corrected chi connectivity index (χ2v) is 6.09. The van der Waals surface area contributed by atoms with Crippen molar-refractivity contribution < 1.29 is 0 Å². The number of rotatable bonds is 8.